The molecule has 0 spiro atoms. The van der Waals surface area contributed by atoms with E-state index < -0.39 is 0 Å². The third-order valence-corrected chi connectivity index (χ3v) is 2.63. The molecule has 1 aromatic rings. The van der Waals surface area contributed by atoms with Crippen LogP contribution in [-0.2, 0) is 4.79 Å². The van der Waals surface area contributed by atoms with Crippen molar-refractivity contribution in [2.75, 3.05) is 20.8 Å². The Labute approximate surface area is 114 Å². The van der Waals surface area contributed by atoms with Crippen LogP contribution in [0.15, 0.2) is 24.3 Å². The van der Waals surface area contributed by atoms with E-state index in [1.807, 2.05) is 12.1 Å². The predicted molar refractivity (Wildman–Crippen MR) is 76.5 cm³/mol. The van der Waals surface area contributed by atoms with E-state index in [9.17, 15) is 4.79 Å². The molecule has 0 atom stereocenters. The van der Waals surface area contributed by atoms with Crippen LogP contribution in [0, 0.1) is 0 Å². The fraction of sp³-hybridized carbons (Fsp3) is 0.400. The minimum Gasteiger partial charge on any atom is -0.497 e. The minimum absolute atomic E-state index is 0.0877. The molecule has 1 amide bonds. The molecule has 0 radical (unpaired) electrons. The molecule has 0 aliphatic carbocycles. The zero-order valence-corrected chi connectivity index (χ0v) is 11.7. The van der Waals surface area contributed by atoms with Gasteiger partial charge in [-0.05, 0) is 30.2 Å². The van der Waals surface area contributed by atoms with Crippen LogP contribution in [0.3, 0.4) is 0 Å². The second-order valence-corrected chi connectivity index (χ2v) is 4.12. The number of nitrogens with one attached hydrogen (secondary N) is 1. The molecule has 0 aliphatic heterocycles. The summed E-state index contributed by atoms with van der Waals surface area (Å²) in [6, 6.07) is 5.48. The molecular weight excluding hydrogens is 242 g/mol. The average molecular weight is 263 g/mol. The van der Waals surface area contributed by atoms with Gasteiger partial charge in [-0.2, -0.15) is 0 Å². The maximum atomic E-state index is 11.5. The van der Waals surface area contributed by atoms with Gasteiger partial charge >= 0.3 is 0 Å². The lowest BCUT2D eigenvalue weighted by Gasteiger charge is -2.05. The van der Waals surface area contributed by atoms with Crippen molar-refractivity contribution in [3.8, 4) is 11.5 Å². The molecule has 19 heavy (non-hydrogen) atoms. The van der Waals surface area contributed by atoms with Gasteiger partial charge < -0.3 is 14.8 Å². The standard InChI is InChI=1S/C15H21NO3/c1-4-5-8-16-15(17)7-6-12-9-13(18-2)11-14(10-12)19-3/h6-7,9-11H,4-5,8H2,1-3H3,(H,16,17)/b7-6+. The first-order chi connectivity index (χ1) is 9.19. The largest absolute Gasteiger partial charge is 0.497 e. The van der Waals surface area contributed by atoms with Crippen molar-refractivity contribution >= 4 is 12.0 Å². The summed E-state index contributed by atoms with van der Waals surface area (Å²) >= 11 is 0. The van der Waals surface area contributed by atoms with Crippen LogP contribution in [0.25, 0.3) is 6.08 Å². The van der Waals surface area contributed by atoms with Crippen molar-refractivity contribution in [2.45, 2.75) is 19.8 Å². The Hall–Kier alpha value is -1.97. The third kappa shape index (κ3) is 5.46. The van der Waals surface area contributed by atoms with Gasteiger partial charge in [0.1, 0.15) is 11.5 Å². The average Bonchev–Trinajstić information content (AvgIpc) is 2.45. The molecule has 0 aliphatic rings. The van der Waals surface area contributed by atoms with Crippen molar-refractivity contribution in [3.63, 3.8) is 0 Å². The molecular formula is C15H21NO3. The van der Waals surface area contributed by atoms with Crippen LogP contribution >= 0.6 is 0 Å². The number of unbranched alkanes of at least 4 members (excludes halogenated alkanes) is 1. The monoisotopic (exact) mass is 263 g/mol. The highest BCUT2D eigenvalue weighted by molar-refractivity contribution is 5.91. The summed E-state index contributed by atoms with van der Waals surface area (Å²) in [5.74, 6) is 1.31. The summed E-state index contributed by atoms with van der Waals surface area (Å²) in [5, 5.41) is 2.82. The summed E-state index contributed by atoms with van der Waals surface area (Å²) in [4.78, 5) is 11.5. The maximum Gasteiger partial charge on any atom is 0.243 e. The number of carbonyl (C=O) groups is 1. The van der Waals surface area contributed by atoms with Crippen molar-refractivity contribution < 1.29 is 14.3 Å². The second kappa shape index (κ2) is 8.19. The first-order valence-electron chi connectivity index (χ1n) is 6.38. The molecule has 1 N–H and O–H groups in total. The number of ether oxygens (including phenoxy) is 2. The molecule has 4 nitrogen and oxygen atoms in total. The van der Waals surface area contributed by atoms with Crippen LogP contribution in [0.1, 0.15) is 25.3 Å². The van der Waals surface area contributed by atoms with Gasteiger partial charge in [0.25, 0.3) is 0 Å². The van der Waals surface area contributed by atoms with Crippen molar-refractivity contribution in [2.24, 2.45) is 0 Å². The van der Waals surface area contributed by atoms with Crippen LogP contribution in [0.4, 0.5) is 0 Å². The van der Waals surface area contributed by atoms with E-state index in [4.69, 9.17) is 9.47 Å². The Morgan fingerprint density at radius 1 is 1.21 bits per heavy atom. The lowest BCUT2D eigenvalue weighted by atomic mass is 10.2. The quantitative estimate of drug-likeness (QED) is 0.607. The first kappa shape index (κ1) is 15.1. The van der Waals surface area contributed by atoms with Crippen molar-refractivity contribution in [3.05, 3.63) is 29.8 Å². The van der Waals surface area contributed by atoms with E-state index in [0.29, 0.717) is 18.0 Å². The van der Waals surface area contributed by atoms with E-state index in [-0.39, 0.29) is 5.91 Å². The molecule has 0 heterocycles. The second-order valence-electron chi connectivity index (χ2n) is 4.12. The molecule has 1 rings (SSSR count). The first-order valence-corrected chi connectivity index (χ1v) is 6.38. The van der Waals surface area contributed by atoms with Gasteiger partial charge in [-0.1, -0.05) is 13.3 Å². The number of amides is 1. The van der Waals surface area contributed by atoms with Crippen LogP contribution in [0.2, 0.25) is 0 Å². The van der Waals surface area contributed by atoms with Gasteiger partial charge in [-0.15, -0.1) is 0 Å². The summed E-state index contributed by atoms with van der Waals surface area (Å²) in [6.45, 7) is 2.80. The van der Waals surface area contributed by atoms with Crippen LogP contribution in [0.5, 0.6) is 11.5 Å². The Morgan fingerprint density at radius 2 is 1.84 bits per heavy atom. The number of benzene rings is 1. The Morgan fingerprint density at radius 3 is 2.37 bits per heavy atom. The summed E-state index contributed by atoms with van der Waals surface area (Å²) in [6.07, 6.45) is 5.32. The number of hydrogen-bond donors (Lipinski definition) is 1. The Kier molecular flexibility index (Phi) is 6.50. The topological polar surface area (TPSA) is 47.6 Å². The third-order valence-electron chi connectivity index (χ3n) is 2.63. The molecule has 0 saturated heterocycles. The SMILES string of the molecule is CCCCNC(=O)/C=C/c1cc(OC)cc(OC)c1. The van der Waals surface area contributed by atoms with Gasteiger partial charge in [0.2, 0.25) is 5.91 Å². The zero-order chi connectivity index (χ0) is 14.1. The highest BCUT2D eigenvalue weighted by atomic mass is 16.5. The Balaban J connectivity index is 2.67. The summed E-state index contributed by atoms with van der Waals surface area (Å²) in [7, 11) is 3.19. The molecule has 0 unspecified atom stereocenters. The fourth-order valence-corrected chi connectivity index (χ4v) is 1.54. The van der Waals surface area contributed by atoms with Gasteiger partial charge in [0, 0.05) is 18.7 Å². The van der Waals surface area contributed by atoms with E-state index in [2.05, 4.69) is 12.2 Å². The normalized spacial score (nSPS) is 10.5. The van der Waals surface area contributed by atoms with E-state index in [1.165, 1.54) is 6.08 Å². The molecule has 1 aromatic carbocycles. The van der Waals surface area contributed by atoms with Crippen molar-refractivity contribution in [1.82, 2.24) is 5.32 Å². The van der Waals surface area contributed by atoms with Crippen LogP contribution in [-0.4, -0.2) is 26.7 Å². The van der Waals surface area contributed by atoms with Crippen LogP contribution < -0.4 is 14.8 Å². The summed E-state index contributed by atoms with van der Waals surface area (Å²) in [5.41, 5.74) is 0.863. The number of carbonyl (C=O) groups excluding carboxylic acids is 1. The molecule has 0 saturated carbocycles. The number of methoxy groups -OCH3 is 2. The lowest BCUT2D eigenvalue weighted by molar-refractivity contribution is -0.116. The molecule has 0 fully saturated rings. The van der Waals surface area contributed by atoms with Gasteiger partial charge in [0.15, 0.2) is 0 Å². The Bertz CT molecular complexity index is 419. The van der Waals surface area contributed by atoms with E-state index >= 15 is 0 Å². The highest BCUT2D eigenvalue weighted by Crippen LogP contribution is 2.23. The minimum atomic E-state index is -0.0877. The maximum absolute atomic E-state index is 11.5. The number of rotatable bonds is 7. The molecule has 104 valence electrons. The van der Waals surface area contributed by atoms with Crippen molar-refractivity contribution in [1.29, 1.82) is 0 Å². The number of hydrogen-bond acceptors (Lipinski definition) is 3. The van der Waals surface area contributed by atoms with Gasteiger partial charge in [0.05, 0.1) is 14.2 Å². The van der Waals surface area contributed by atoms with Gasteiger partial charge in [-0.3, -0.25) is 4.79 Å². The lowest BCUT2D eigenvalue weighted by Crippen LogP contribution is -2.21. The van der Waals surface area contributed by atoms with Gasteiger partial charge in [-0.25, -0.2) is 0 Å². The molecule has 0 bridgehead atoms. The zero-order valence-electron chi connectivity index (χ0n) is 11.7. The highest BCUT2D eigenvalue weighted by Gasteiger charge is 2.00. The van der Waals surface area contributed by atoms with E-state index in [1.54, 1.807) is 26.4 Å². The van der Waals surface area contributed by atoms with E-state index in [0.717, 1.165) is 18.4 Å². The smallest absolute Gasteiger partial charge is 0.243 e. The fourth-order valence-electron chi connectivity index (χ4n) is 1.54. The summed E-state index contributed by atoms with van der Waals surface area (Å²) < 4.78 is 10.3. The predicted octanol–water partition coefficient (Wildman–Crippen LogP) is 2.63. The molecule has 4 heteroatoms. The molecule has 0 aromatic heterocycles.